The molecule has 4 unspecified atom stereocenters. The van der Waals surface area contributed by atoms with Crippen molar-refractivity contribution in [2.45, 2.75) is 45.1 Å². The van der Waals surface area contributed by atoms with E-state index in [9.17, 15) is 18.0 Å². The quantitative estimate of drug-likeness (QED) is 0.609. The maximum atomic E-state index is 13.1. The first-order chi connectivity index (χ1) is 13.4. The molecular weight excluding hydrogens is 398 g/mol. The first kappa shape index (κ1) is 22.6. The van der Waals surface area contributed by atoms with E-state index in [4.69, 9.17) is 0 Å². The van der Waals surface area contributed by atoms with Crippen LogP contribution in [0.5, 0.6) is 0 Å². The van der Waals surface area contributed by atoms with Crippen LogP contribution >= 0.6 is 11.9 Å². The first-order valence-electron chi connectivity index (χ1n) is 9.44. The molecule has 9 heteroatoms. The topological polar surface area (TPSA) is 95.9 Å². The van der Waals surface area contributed by atoms with Gasteiger partial charge < -0.3 is 0 Å². The van der Waals surface area contributed by atoms with Crippen molar-refractivity contribution < 1.29 is 18.0 Å². The average molecular weight is 426 g/mol. The molecule has 4 atom stereocenters. The van der Waals surface area contributed by atoms with Crippen LogP contribution in [0.1, 0.15) is 44.6 Å². The minimum absolute atomic E-state index is 0.321. The molecule has 0 spiro atoms. The molecule has 0 aliphatic heterocycles. The molecule has 1 aromatic carbocycles. The van der Waals surface area contributed by atoms with Gasteiger partial charge in [0.1, 0.15) is 0 Å². The first-order valence-corrected chi connectivity index (χ1v) is 11.3. The van der Waals surface area contributed by atoms with E-state index in [1.165, 1.54) is 4.90 Å². The highest BCUT2D eigenvalue weighted by atomic mass is 32.2. The molecule has 0 heterocycles. The smallest absolute Gasteiger partial charge is 0.274 e. The molecule has 1 aliphatic carbocycles. The largest absolute Gasteiger partial charge is 0.311 e. The summed E-state index contributed by atoms with van der Waals surface area (Å²) < 4.78 is 28.6. The monoisotopic (exact) mass is 425 g/mol. The van der Waals surface area contributed by atoms with Gasteiger partial charge in [-0.05, 0) is 31.4 Å². The van der Waals surface area contributed by atoms with E-state index in [2.05, 4.69) is 22.9 Å². The van der Waals surface area contributed by atoms with Crippen LogP contribution in [-0.2, 0) is 15.3 Å². The van der Waals surface area contributed by atoms with Crippen LogP contribution in [0.15, 0.2) is 34.7 Å². The van der Waals surface area contributed by atoms with E-state index in [0.717, 1.165) is 36.8 Å². The summed E-state index contributed by atoms with van der Waals surface area (Å²) in [5, 5.41) is -0.377. The third-order valence-corrected chi connectivity index (χ3v) is 6.13. The molecule has 154 valence electrons. The van der Waals surface area contributed by atoms with Crippen LogP contribution in [0.3, 0.4) is 0 Å². The van der Waals surface area contributed by atoms with Crippen LogP contribution in [0.4, 0.5) is 4.79 Å². The van der Waals surface area contributed by atoms with Gasteiger partial charge in [-0.3, -0.25) is 19.2 Å². The lowest BCUT2D eigenvalue weighted by molar-refractivity contribution is -0.129. The van der Waals surface area contributed by atoms with Crippen LogP contribution in [0.2, 0.25) is 0 Å². The number of carbonyl (C=O) groups excluding carboxylic acids is 2. The molecule has 0 bridgehead atoms. The SMILES string of the molecule is CCC(C)CCCN(C(=O)SNC)C(=O)C1C(N=S(=O)=O)C1c1ccccc1. The van der Waals surface area contributed by atoms with Crippen molar-refractivity contribution in [3.8, 4) is 0 Å². The second kappa shape index (κ2) is 10.7. The molecule has 7 nitrogen and oxygen atoms in total. The minimum Gasteiger partial charge on any atom is -0.274 e. The van der Waals surface area contributed by atoms with E-state index in [0.29, 0.717) is 12.5 Å². The Balaban J connectivity index is 2.20. The van der Waals surface area contributed by atoms with Gasteiger partial charge in [0.15, 0.2) is 0 Å². The highest BCUT2D eigenvalue weighted by Gasteiger charge is 2.58. The van der Waals surface area contributed by atoms with Gasteiger partial charge in [0, 0.05) is 24.4 Å². The lowest BCUT2D eigenvalue weighted by Crippen LogP contribution is -2.38. The van der Waals surface area contributed by atoms with Gasteiger partial charge in [-0.15, -0.1) is 0 Å². The predicted octanol–water partition coefficient (Wildman–Crippen LogP) is 3.47. The van der Waals surface area contributed by atoms with Crippen LogP contribution in [0.25, 0.3) is 0 Å². The van der Waals surface area contributed by atoms with Gasteiger partial charge in [0.2, 0.25) is 5.91 Å². The summed E-state index contributed by atoms with van der Waals surface area (Å²) in [5.74, 6) is -0.793. The fourth-order valence-corrected chi connectivity index (χ4v) is 4.25. The van der Waals surface area contributed by atoms with E-state index in [-0.39, 0.29) is 17.1 Å². The van der Waals surface area contributed by atoms with Gasteiger partial charge in [0.05, 0.1) is 12.0 Å². The lowest BCUT2D eigenvalue weighted by Gasteiger charge is -2.21. The second-order valence-electron chi connectivity index (χ2n) is 6.99. The van der Waals surface area contributed by atoms with Crippen molar-refractivity contribution >= 4 is 33.6 Å². The number of imide groups is 1. The van der Waals surface area contributed by atoms with Crippen molar-refractivity contribution in [3.63, 3.8) is 0 Å². The molecule has 1 N–H and O–H groups in total. The molecule has 0 radical (unpaired) electrons. The Labute approximate surface area is 172 Å². The Morgan fingerprint density at radius 3 is 2.54 bits per heavy atom. The van der Waals surface area contributed by atoms with Crippen molar-refractivity contribution in [1.29, 1.82) is 0 Å². The Bertz CT molecular complexity index is 806. The molecule has 28 heavy (non-hydrogen) atoms. The van der Waals surface area contributed by atoms with Crippen molar-refractivity contribution in [2.75, 3.05) is 13.6 Å². The Hall–Kier alpha value is -1.71. The summed E-state index contributed by atoms with van der Waals surface area (Å²) >= 11 is 0.854. The summed E-state index contributed by atoms with van der Waals surface area (Å²) in [6, 6.07) is 8.59. The third kappa shape index (κ3) is 5.89. The maximum absolute atomic E-state index is 13.1. The highest BCUT2D eigenvalue weighted by Crippen LogP contribution is 2.51. The van der Waals surface area contributed by atoms with Gasteiger partial charge in [-0.1, -0.05) is 50.6 Å². The van der Waals surface area contributed by atoms with Crippen LogP contribution < -0.4 is 4.72 Å². The number of rotatable bonds is 9. The van der Waals surface area contributed by atoms with E-state index >= 15 is 0 Å². The number of hydrogen-bond donors (Lipinski definition) is 1. The van der Waals surface area contributed by atoms with Crippen molar-refractivity contribution in [1.82, 2.24) is 9.62 Å². The fraction of sp³-hybridized carbons (Fsp3) is 0.579. The van der Waals surface area contributed by atoms with Crippen LogP contribution in [-0.4, -0.2) is 44.1 Å². The normalized spacial score (nSPS) is 21.6. The number of nitrogens with zero attached hydrogens (tertiary/aromatic N) is 2. The third-order valence-electron chi connectivity index (χ3n) is 5.11. The lowest BCUT2D eigenvalue weighted by atomic mass is 10.0. The van der Waals surface area contributed by atoms with Crippen molar-refractivity contribution in [2.24, 2.45) is 16.2 Å². The van der Waals surface area contributed by atoms with Crippen LogP contribution in [0, 0.1) is 11.8 Å². The zero-order chi connectivity index (χ0) is 20.7. The number of amides is 2. The van der Waals surface area contributed by atoms with Gasteiger partial charge in [-0.25, -0.2) is 0 Å². The van der Waals surface area contributed by atoms with E-state index in [1.807, 2.05) is 30.3 Å². The highest BCUT2D eigenvalue weighted by molar-refractivity contribution is 8.11. The van der Waals surface area contributed by atoms with E-state index < -0.39 is 22.5 Å². The standard InChI is InChI=1S/C19H27N3O4S2/c1-4-13(2)9-8-12-22(19(24)27-20-3)18(23)16-15(17(16)21-28(25)26)14-10-6-5-7-11-14/h5-7,10-11,13,15-17,20H,4,8-9,12H2,1-3H3. The molecule has 0 aromatic heterocycles. The van der Waals surface area contributed by atoms with Gasteiger partial charge >= 0.3 is 15.7 Å². The second-order valence-corrected chi connectivity index (χ2v) is 8.60. The Morgan fingerprint density at radius 2 is 1.96 bits per heavy atom. The zero-order valence-corrected chi connectivity index (χ0v) is 18.0. The molecule has 1 aromatic rings. The van der Waals surface area contributed by atoms with Gasteiger partial charge in [0.25, 0.3) is 0 Å². The Kier molecular flexibility index (Phi) is 8.65. The summed E-state index contributed by atoms with van der Waals surface area (Å²) in [5.41, 5.74) is 0.855. The summed E-state index contributed by atoms with van der Waals surface area (Å²) in [4.78, 5) is 26.9. The molecule has 2 rings (SSSR count). The summed E-state index contributed by atoms with van der Waals surface area (Å²) in [6.07, 6.45) is 2.68. The summed E-state index contributed by atoms with van der Waals surface area (Å²) in [6.45, 7) is 4.57. The predicted molar refractivity (Wildman–Crippen MR) is 110 cm³/mol. The Morgan fingerprint density at radius 1 is 1.29 bits per heavy atom. The number of benzene rings is 1. The zero-order valence-electron chi connectivity index (χ0n) is 16.4. The number of carbonyl (C=O) groups is 2. The molecule has 1 fully saturated rings. The van der Waals surface area contributed by atoms with E-state index in [1.54, 1.807) is 7.05 Å². The van der Waals surface area contributed by atoms with Crippen molar-refractivity contribution in [3.05, 3.63) is 35.9 Å². The molecule has 1 saturated carbocycles. The molecular formula is C19H27N3O4S2. The number of nitrogens with one attached hydrogen (secondary N) is 1. The maximum Gasteiger partial charge on any atom is 0.311 e. The fourth-order valence-electron chi connectivity index (χ4n) is 3.32. The summed E-state index contributed by atoms with van der Waals surface area (Å²) in [7, 11) is -0.985. The average Bonchev–Trinajstić information content (AvgIpc) is 3.38. The molecule has 0 saturated heterocycles. The molecule has 2 amide bonds. The number of hydrogen-bond acceptors (Lipinski definition) is 7. The minimum atomic E-state index is -2.60. The van der Waals surface area contributed by atoms with Gasteiger partial charge in [-0.2, -0.15) is 12.8 Å². The molecule has 1 aliphatic rings.